The molecule has 0 spiro atoms. The van der Waals surface area contributed by atoms with E-state index in [-0.39, 0.29) is 30.5 Å². The molecule has 7 nitrogen and oxygen atoms in total. The predicted octanol–water partition coefficient (Wildman–Crippen LogP) is 3.21. The van der Waals surface area contributed by atoms with Gasteiger partial charge in [0.25, 0.3) is 5.91 Å². The van der Waals surface area contributed by atoms with Crippen LogP contribution in [0.15, 0.2) is 6.07 Å². The number of rotatable bonds is 4. The molecular weight excluding hydrogens is 404 g/mol. The number of aliphatic hydroxyl groups is 1. The number of aromatic amines is 1. The molecule has 7 heteroatoms. The van der Waals surface area contributed by atoms with Crippen molar-refractivity contribution in [2.75, 3.05) is 19.6 Å². The Morgan fingerprint density at radius 2 is 1.72 bits per heavy atom. The van der Waals surface area contributed by atoms with Gasteiger partial charge in [-0.05, 0) is 86.8 Å². The summed E-state index contributed by atoms with van der Waals surface area (Å²) < 4.78 is 0. The normalized spacial score (nSPS) is 26.8. The number of amides is 2. The zero-order valence-corrected chi connectivity index (χ0v) is 18.8. The number of fused-ring (bicyclic) bond motifs is 1. The van der Waals surface area contributed by atoms with Gasteiger partial charge in [0, 0.05) is 19.1 Å². The summed E-state index contributed by atoms with van der Waals surface area (Å²) in [6, 6.07) is 2.55. The highest BCUT2D eigenvalue weighted by Gasteiger charge is 2.36. The Kier molecular flexibility index (Phi) is 4.79. The third kappa shape index (κ3) is 3.51. The second-order valence-corrected chi connectivity index (χ2v) is 10.3. The topological polar surface area (TPSA) is 89.5 Å². The van der Waals surface area contributed by atoms with Crippen LogP contribution in [0, 0.1) is 6.92 Å². The smallest absolute Gasteiger partial charge is 0.290 e. The lowest BCUT2D eigenvalue weighted by molar-refractivity contribution is -0.138. The van der Waals surface area contributed by atoms with Gasteiger partial charge in [0.2, 0.25) is 5.91 Å². The van der Waals surface area contributed by atoms with E-state index in [1.54, 1.807) is 4.90 Å². The van der Waals surface area contributed by atoms with Crippen LogP contribution >= 0.6 is 0 Å². The first kappa shape index (κ1) is 20.2. The Bertz CT molecular complexity index is 1080. The van der Waals surface area contributed by atoms with Crippen LogP contribution in [-0.4, -0.2) is 68.5 Å². The van der Waals surface area contributed by atoms with E-state index in [1.165, 1.54) is 42.4 Å². The third-order valence-corrected chi connectivity index (χ3v) is 7.98. The van der Waals surface area contributed by atoms with Gasteiger partial charge >= 0.3 is 0 Å². The number of nitrogens with zero attached hydrogens (tertiary/aromatic N) is 3. The van der Waals surface area contributed by atoms with Crippen molar-refractivity contribution >= 4 is 22.8 Å². The van der Waals surface area contributed by atoms with Gasteiger partial charge in [-0.25, -0.2) is 4.98 Å². The highest BCUT2D eigenvalue weighted by Crippen LogP contribution is 2.48. The number of carbonyl (C=O) groups is 2. The molecule has 32 heavy (non-hydrogen) atoms. The van der Waals surface area contributed by atoms with E-state index in [2.05, 4.69) is 18.0 Å². The lowest BCUT2D eigenvalue weighted by Crippen LogP contribution is -2.56. The second-order valence-electron chi connectivity index (χ2n) is 10.3. The van der Waals surface area contributed by atoms with Crippen molar-refractivity contribution in [3.05, 3.63) is 28.6 Å². The Hall–Kier alpha value is -2.41. The monoisotopic (exact) mass is 436 g/mol. The molecule has 6 rings (SSSR count). The van der Waals surface area contributed by atoms with Crippen molar-refractivity contribution in [2.24, 2.45) is 0 Å². The maximum atomic E-state index is 13.3. The lowest BCUT2D eigenvalue weighted by atomic mass is 9.91. The Morgan fingerprint density at radius 1 is 1.03 bits per heavy atom. The molecule has 3 aliphatic carbocycles. The summed E-state index contributed by atoms with van der Waals surface area (Å²) in [4.78, 5) is 37.9. The highest BCUT2D eigenvalue weighted by atomic mass is 16.3. The van der Waals surface area contributed by atoms with E-state index in [9.17, 15) is 14.7 Å². The fourth-order valence-electron chi connectivity index (χ4n) is 5.73. The molecule has 2 N–H and O–H groups in total. The van der Waals surface area contributed by atoms with Crippen LogP contribution in [0.25, 0.3) is 11.0 Å². The number of H-pyrrole nitrogens is 1. The van der Waals surface area contributed by atoms with Crippen LogP contribution < -0.4 is 0 Å². The van der Waals surface area contributed by atoms with Gasteiger partial charge in [0.05, 0.1) is 17.1 Å². The minimum absolute atomic E-state index is 0.00738. The van der Waals surface area contributed by atoms with E-state index in [0.29, 0.717) is 30.7 Å². The van der Waals surface area contributed by atoms with E-state index in [1.807, 2.05) is 4.90 Å². The molecule has 2 amide bonds. The summed E-state index contributed by atoms with van der Waals surface area (Å²) in [5.41, 5.74) is 5.89. The predicted molar refractivity (Wildman–Crippen MR) is 121 cm³/mol. The molecule has 4 aliphatic rings. The first-order chi connectivity index (χ1) is 15.5. The number of aryl methyl sites for hydroxylation is 1. The molecule has 4 fully saturated rings. The van der Waals surface area contributed by atoms with Crippen LogP contribution in [0.5, 0.6) is 0 Å². The molecule has 1 saturated heterocycles. The lowest BCUT2D eigenvalue weighted by Gasteiger charge is -2.41. The van der Waals surface area contributed by atoms with E-state index >= 15 is 0 Å². The van der Waals surface area contributed by atoms with Gasteiger partial charge < -0.3 is 19.9 Å². The molecule has 1 aromatic carbocycles. The molecule has 1 aromatic heterocycles. The average Bonchev–Trinajstić information content (AvgIpc) is 3.72. The average molecular weight is 437 g/mol. The van der Waals surface area contributed by atoms with Crippen molar-refractivity contribution in [1.82, 2.24) is 19.8 Å². The van der Waals surface area contributed by atoms with Crippen molar-refractivity contribution in [2.45, 2.75) is 82.3 Å². The molecule has 0 atom stereocenters. The standard InChI is InChI=1S/C25H32N4O3/c1-14-19(15-2-3-15)12-20(16-4-5-16)23-22(14)26-24(27-23)25(32)28-10-11-29(21(31)13-28)17-6-8-18(30)9-7-17/h12,15-18,30H,2-11,13H2,1H3,(H,26,27). The largest absolute Gasteiger partial charge is 0.393 e. The molecular formula is C25H32N4O3. The van der Waals surface area contributed by atoms with E-state index < -0.39 is 0 Å². The number of aliphatic hydroxyl groups excluding tert-OH is 1. The molecule has 1 aliphatic heterocycles. The van der Waals surface area contributed by atoms with Gasteiger partial charge in [-0.2, -0.15) is 0 Å². The van der Waals surface area contributed by atoms with Crippen molar-refractivity contribution in [1.29, 1.82) is 0 Å². The van der Waals surface area contributed by atoms with Crippen LogP contribution in [0.3, 0.4) is 0 Å². The molecule has 2 aromatic rings. The molecule has 170 valence electrons. The number of piperazine rings is 1. The second kappa shape index (κ2) is 7.58. The Morgan fingerprint density at radius 3 is 2.38 bits per heavy atom. The minimum atomic E-state index is -0.235. The molecule has 3 saturated carbocycles. The highest BCUT2D eigenvalue weighted by molar-refractivity contribution is 5.98. The molecule has 0 bridgehead atoms. The van der Waals surface area contributed by atoms with Crippen molar-refractivity contribution in [3.63, 3.8) is 0 Å². The Balaban J connectivity index is 1.23. The molecule has 2 heterocycles. The zero-order valence-electron chi connectivity index (χ0n) is 18.8. The first-order valence-electron chi connectivity index (χ1n) is 12.3. The number of hydrogen-bond donors (Lipinski definition) is 2. The number of carbonyl (C=O) groups excluding carboxylic acids is 2. The minimum Gasteiger partial charge on any atom is -0.393 e. The number of hydrogen-bond acceptors (Lipinski definition) is 4. The number of aromatic nitrogens is 2. The quantitative estimate of drug-likeness (QED) is 0.770. The molecule has 0 radical (unpaired) electrons. The van der Waals surface area contributed by atoms with Gasteiger partial charge in [-0.1, -0.05) is 6.07 Å². The van der Waals surface area contributed by atoms with E-state index in [0.717, 1.165) is 36.7 Å². The van der Waals surface area contributed by atoms with Crippen LogP contribution in [0.2, 0.25) is 0 Å². The van der Waals surface area contributed by atoms with Crippen LogP contribution in [0.4, 0.5) is 0 Å². The maximum Gasteiger partial charge on any atom is 0.290 e. The zero-order chi connectivity index (χ0) is 22.0. The first-order valence-corrected chi connectivity index (χ1v) is 12.3. The molecule has 0 unspecified atom stereocenters. The summed E-state index contributed by atoms with van der Waals surface area (Å²) in [6.45, 7) is 3.34. The summed E-state index contributed by atoms with van der Waals surface area (Å²) in [6.07, 6.45) is 7.87. The van der Waals surface area contributed by atoms with Gasteiger partial charge in [0.15, 0.2) is 5.82 Å². The van der Waals surface area contributed by atoms with Crippen LogP contribution in [0.1, 0.15) is 90.5 Å². The summed E-state index contributed by atoms with van der Waals surface area (Å²) >= 11 is 0. The number of nitrogens with one attached hydrogen (secondary N) is 1. The number of imidazole rings is 1. The van der Waals surface area contributed by atoms with Crippen molar-refractivity contribution in [3.8, 4) is 0 Å². The van der Waals surface area contributed by atoms with Crippen LogP contribution in [-0.2, 0) is 4.79 Å². The van der Waals surface area contributed by atoms with Crippen molar-refractivity contribution < 1.29 is 14.7 Å². The SMILES string of the molecule is Cc1c(C2CC2)cc(C2CC2)c2nc(C(=O)N3CCN(C4CCC(O)CC4)C(=O)C3)[nH]c12. The van der Waals surface area contributed by atoms with Gasteiger partial charge in [-0.15, -0.1) is 0 Å². The van der Waals surface area contributed by atoms with E-state index in [4.69, 9.17) is 4.98 Å². The third-order valence-electron chi connectivity index (χ3n) is 7.98. The maximum absolute atomic E-state index is 13.3. The summed E-state index contributed by atoms with van der Waals surface area (Å²) in [5, 5.41) is 9.75. The number of benzene rings is 1. The fourth-order valence-corrected chi connectivity index (χ4v) is 5.73. The summed E-state index contributed by atoms with van der Waals surface area (Å²) in [7, 11) is 0. The van der Waals surface area contributed by atoms with Gasteiger partial charge in [0.1, 0.15) is 6.54 Å². The summed E-state index contributed by atoms with van der Waals surface area (Å²) in [5.74, 6) is 1.42. The fraction of sp³-hybridized carbons (Fsp3) is 0.640. The Labute approximate surface area is 188 Å². The van der Waals surface area contributed by atoms with Gasteiger partial charge in [-0.3, -0.25) is 9.59 Å².